The summed E-state index contributed by atoms with van der Waals surface area (Å²) < 4.78 is 1.55. The summed E-state index contributed by atoms with van der Waals surface area (Å²) in [6.45, 7) is 2.28. The summed E-state index contributed by atoms with van der Waals surface area (Å²) in [6, 6.07) is 3.66. The summed E-state index contributed by atoms with van der Waals surface area (Å²) in [5.74, 6) is 0.444. The number of fused-ring (bicyclic) bond motifs is 1. The number of rotatable bonds is 3. The summed E-state index contributed by atoms with van der Waals surface area (Å²) in [5.41, 5.74) is 6.85. The molecular formula is C9H13N5O. The SMILES string of the molecule is Cc1ccc2nnc(C(O)CCN)n2n1. The Hall–Kier alpha value is -1.53. The summed E-state index contributed by atoms with van der Waals surface area (Å²) in [6.07, 6.45) is -0.254. The second-order valence-electron chi connectivity index (χ2n) is 3.40. The van der Waals surface area contributed by atoms with Gasteiger partial charge in [0.1, 0.15) is 6.10 Å². The largest absolute Gasteiger partial charge is 0.385 e. The normalized spacial score (nSPS) is 13.3. The Morgan fingerprint density at radius 3 is 3.00 bits per heavy atom. The van der Waals surface area contributed by atoms with Crippen molar-refractivity contribution in [2.24, 2.45) is 5.73 Å². The molecule has 6 heteroatoms. The fourth-order valence-electron chi connectivity index (χ4n) is 1.39. The van der Waals surface area contributed by atoms with Crippen LogP contribution in [0.25, 0.3) is 5.65 Å². The Morgan fingerprint density at radius 2 is 2.27 bits per heavy atom. The molecule has 6 nitrogen and oxygen atoms in total. The van der Waals surface area contributed by atoms with Crippen LogP contribution in [0.15, 0.2) is 12.1 Å². The molecule has 1 atom stereocenters. The minimum Gasteiger partial charge on any atom is -0.385 e. The van der Waals surface area contributed by atoms with Crippen molar-refractivity contribution in [3.05, 3.63) is 23.7 Å². The third-order valence-corrected chi connectivity index (χ3v) is 2.16. The van der Waals surface area contributed by atoms with Gasteiger partial charge in [0.15, 0.2) is 11.5 Å². The molecular weight excluding hydrogens is 194 g/mol. The standard InChI is InChI=1S/C9H13N5O/c1-6-2-3-8-11-12-9(14(8)13-6)7(15)4-5-10/h2-3,7,15H,4-5,10H2,1H3. The van der Waals surface area contributed by atoms with E-state index in [-0.39, 0.29) is 0 Å². The molecule has 0 amide bonds. The zero-order valence-electron chi connectivity index (χ0n) is 8.46. The molecule has 0 radical (unpaired) electrons. The van der Waals surface area contributed by atoms with Gasteiger partial charge in [0.2, 0.25) is 0 Å². The average Bonchev–Trinajstić information content (AvgIpc) is 2.60. The van der Waals surface area contributed by atoms with Crippen LogP contribution in [0.5, 0.6) is 0 Å². The van der Waals surface area contributed by atoms with Gasteiger partial charge in [0.05, 0.1) is 5.69 Å². The molecule has 0 aliphatic carbocycles. The van der Waals surface area contributed by atoms with Crippen LogP contribution in [0.2, 0.25) is 0 Å². The minimum absolute atomic E-state index is 0.405. The van der Waals surface area contributed by atoms with Crippen molar-refractivity contribution in [2.45, 2.75) is 19.4 Å². The van der Waals surface area contributed by atoms with E-state index in [1.54, 1.807) is 4.52 Å². The summed E-state index contributed by atoms with van der Waals surface area (Å²) in [5, 5.41) is 21.8. The molecule has 3 N–H and O–H groups in total. The van der Waals surface area contributed by atoms with E-state index in [2.05, 4.69) is 15.3 Å². The van der Waals surface area contributed by atoms with Crippen LogP contribution < -0.4 is 5.73 Å². The van der Waals surface area contributed by atoms with E-state index in [1.807, 2.05) is 19.1 Å². The van der Waals surface area contributed by atoms with E-state index in [1.165, 1.54) is 0 Å². The lowest BCUT2D eigenvalue weighted by molar-refractivity contribution is 0.158. The maximum atomic E-state index is 9.75. The van der Waals surface area contributed by atoms with Crippen LogP contribution in [0, 0.1) is 6.92 Å². The van der Waals surface area contributed by atoms with Gasteiger partial charge in [-0.2, -0.15) is 9.61 Å². The second kappa shape index (κ2) is 3.92. The highest BCUT2D eigenvalue weighted by Crippen LogP contribution is 2.13. The van der Waals surface area contributed by atoms with E-state index in [4.69, 9.17) is 5.73 Å². The highest BCUT2D eigenvalue weighted by molar-refractivity contribution is 5.36. The Bertz CT molecular complexity index is 466. The number of nitrogens with zero attached hydrogens (tertiary/aromatic N) is 4. The summed E-state index contributed by atoms with van der Waals surface area (Å²) in [7, 11) is 0. The quantitative estimate of drug-likeness (QED) is 0.728. The number of aromatic nitrogens is 4. The topological polar surface area (TPSA) is 89.3 Å². The predicted octanol–water partition coefficient (Wildman–Crippen LogP) is -0.185. The first-order valence-corrected chi connectivity index (χ1v) is 4.79. The van der Waals surface area contributed by atoms with Crippen LogP contribution >= 0.6 is 0 Å². The van der Waals surface area contributed by atoms with Crippen molar-refractivity contribution in [1.29, 1.82) is 0 Å². The molecule has 0 bridgehead atoms. The lowest BCUT2D eigenvalue weighted by atomic mass is 10.2. The van der Waals surface area contributed by atoms with Crippen molar-refractivity contribution in [2.75, 3.05) is 6.54 Å². The van der Waals surface area contributed by atoms with E-state index in [0.717, 1.165) is 5.69 Å². The van der Waals surface area contributed by atoms with Gasteiger partial charge in [0.25, 0.3) is 0 Å². The molecule has 0 aliphatic heterocycles. The van der Waals surface area contributed by atoms with Crippen LogP contribution in [0.3, 0.4) is 0 Å². The minimum atomic E-state index is -0.709. The first-order valence-electron chi connectivity index (χ1n) is 4.79. The maximum absolute atomic E-state index is 9.75. The monoisotopic (exact) mass is 207 g/mol. The second-order valence-corrected chi connectivity index (χ2v) is 3.40. The smallest absolute Gasteiger partial charge is 0.183 e. The maximum Gasteiger partial charge on any atom is 0.183 e. The van der Waals surface area contributed by atoms with E-state index in [0.29, 0.717) is 24.4 Å². The first-order chi connectivity index (χ1) is 7.22. The van der Waals surface area contributed by atoms with Gasteiger partial charge >= 0.3 is 0 Å². The summed E-state index contributed by atoms with van der Waals surface area (Å²) in [4.78, 5) is 0. The number of hydrogen-bond acceptors (Lipinski definition) is 5. The molecule has 2 aromatic heterocycles. The Balaban J connectivity index is 2.47. The molecule has 15 heavy (non-hydrogen) atoms. The Morgan fingerprint density at radius 1 is 1.47 bits per heavy atom. The van der Waals surface area contributed by atoms with E-state index in [9.17, 15) is 5.11 Å². The van der Waals surface area contributed by atoms with Crippen molar-refractivity contribution in [3.63, 3.8) is 0 Å². The number of aliphatic hydroxyl groups excluding tert-OH is 1. The van der Waals surface area contributed by atoms with E-state index < -0.39 is 6.10 Å². The third kappa shape index (κ3) is 1.81. The van der Waals surface area contributed by atoms with Crippen LogP contribution in [-0.4, -0.2) is 31.5 Å². The molecule has 0 saturated carbocycles. The molecule has 2 rings (SSSR count). The number of nitrogens with two attached hydrogens (primary N) is 1. The van der Waals surface area contributed by atoms with E-state index >= 15 is 0 Å². The number of hydrogen-bond donors (Lipinski definition) is 2. The van der Waals surface area contributed by atoms with Gasteiger partial charge in [-0.25, -0.2) is 0 Å². The predicted molar refractivity (Wildman–Crippen MR) is 54.2 cm³/mol. The van der Waals surface area contributed by atoms with Crippen molar-refractivity contribution < 1.29 is 5.11 Å². The zero-order valence-corrected chi connectivity index (χ0v) is 8.46. The van der Waals surface area contributed by atoms with Crippen LogP contribution in [0.1, 0.15) is 24.0 Å². The average molecular weight is 207 g/mol. The highest BCUT2D eigenvalue weighted by atomic mass is 16.3. The van der Waals surface area contributed by atoms with Gasteiger partial charge in [-0.15, -0.1) is 10.2 Å². The van der Waals surface area contributed by atoms with Crippen molar-refractivity contribution >= 4 is 5.65 Å². The van der Waals surface area contributed by atoms with Crippen molar-refractivity contribution in [3.8, 4) is 0 Å². The molecule has 0 fully saturated rings. The van der Waals surface area contributed by atoms with Crippen LogP contribution in [0.4, 0.5) is 0 Å². The molecule has 2 heterocycles. The lowest BCUT2D eigenvalue weighted by Gasteiger charge is -2.06. The summed E-state index contributed by atoms with van der Waals surface area (Å²) >= 11 is 0. The Labute approximate surface area is 86.7 Å². The fraction of sp³-hybridized carbons (Fsp3) is 0.444. The first kappa shape index (κ1) is 10.0. The van der Waals surface area contributed by atoms with Gasteiger partial charge in [-0.1, -0.05) is 0 Å². The number of aryl methyl sites for hydroxylation is 1. The molecule has 0 saturated heterocycles. The van der Waals surface area contributed by atoms with Gasteiger partial charge < -0.3 is 10.8 Å². The molecule has 2 aromatic rings. The Kier molecular flexibility index (Phi) is 2.61. The highest BCUT2D eigenvalue weighted by Gasteiger charge is 2.15. The van der Waals surface area contributed by atoms with Gasteiger partial charge in [0, 0.05) is 0 Å². The molecule has 0 aliphatic rings. The van der Waals surface area contributed by atoms with Crippen LogP contribution in [-0.2, 0) is 0 Å². The number of aliphatic hydroxyl groups is 1. The van der Waals surface area contributed by atoms with Gasteiger partial charge in [-0.3, -0.25) is 0 Å². The third-order valence-electron chi connectivity index (χ3n) is 2.16. The lowest BCUT2D eigenvalue weighted by Crippen LogP contribution is -2.11. The molecule has 80 valence electrons. The molecule has 0 aromatic carbocycles. The fourth-order valence-corrected chi connectivity index (χ4v) is 1.39. The molecule has 1 unspecified atom stereocenters. The van der Waals surface area contributed by atoms with Gasteiger partial charge in [-0.05, 0) is 32.0 Å². The van der Waals surface area contributed by atoms with Crippen molar-refractivity contribution in [1.82, 2.24) is 19.8 Å². The zero-order chi connectivity index (χ0) is 10.8. The molecule has 0 spiro atoms.